The summed E-state index contributed by atoms with van der Waals surface area (Å²) in [5.41, 5.74) is 1.53. The maximum Gasteiger partial charge on any atom is 0.265 e. The number of aryl methyl sites for hydroxylation is 1. The molecular weight excluding hydrogens is 354 g/mol. The van der Waals surface area contributed by atoms with E-state index in [4.69, 9.17) is 4.74 Å². The van der Waals surface area contributed by atoms with E-state index in [1.165, 1.54) is 6.07 Å². The molecule has 7 heteroatoms. The third kappa shape index (κ3) is 4.42. The predicted octanol–water partition coefficient (Wildman–Crippen LogP) is 3.10. The lowest BCUT2D eigenvalue weighted by Crippen LogP contribution is -2.39. The van der Waals surface area contributed by atoms with Crippen LogP contribution in [-0.2, 0) is 16.1 Å². The summed E-state index contributed by atoms with van der Waals surface area (Å²) in [7, 11) is 0. The molecule has 0 unspecified atom stereocenters. The Kier molecular flexibility index (Phi) is 5.69. The van der Waals surface area contributed by atoms with E-state index < -0.39 is 11.6 Å². The minimum absolute atomic E-state index is 0.0329. The van der Waals surface area contributed by atoms with Gasteiger partial charge in [-0.05, 0) is 43.2 Å². The molecule has 0 saturated heterocycles. The Morgan fingerprint density at radius 3 is 2.70 bits per heavy atom. The molecule has 0 spiro atoms. The van der Waals surface area contributed by atoms with E-state index in [-0.39, 0.29) is 37.0 Å². The number of amides is 2. The van der Waals surface area contributed by atoms with Crippen LogP contribution >= 0.6 is 0 Å². The van der Waals surface area contributed by atoms with Gasteiger partial charge in [-0.2, -0.15) is 0 Å². The number of rotatable bonds is 6. The number of ether oxygens (including phenoxy) is 1. The summed E-state index contributed by atoms with van der Waals surface area (Å²) in [6.07, 6.45) is 0.562. The molecule has 0 saturated carbocycles. The highest BCUT2D eigenvalue weighted by Gasteiger charge is 2.25. The van der Waals surface area contributed by atoms with Crippen LogP contribution in [0.2, 0.25) is 0 Å². The Morgan fingerprint density at radius 1 is 1.22 bits per heavy atom. The van der Waals surface area contributed by atoms with Gasteiger partial charge in [-0.3, -0.25) is 9.59 Å². The van der Waals surface area contributed by atoms with E-state index in [1.807, 2.05) is 25.1 Å². The van der Waals surface area contributed by atoms with Crippen LogP contribution in [0.4, 0.5) is 14.5 Å². The van der Waals surface area contributed by atoms with Crippen molar-refractivity contribution < 1.29 is 23.1 Å². The molecule has 27 heavy (non-hydrogen) atoms. The van der Waals surface area contributed by atoms with Gasteiger partial charge in [-0.25, -0.2) is 8.78 Å². The number of hydrogen-bond donors (Lipinski definition) is 1. The second-order valence-corrected chi connectivity index (χ2v) is 6.39. The molecule has 2 aromatic carbocycles. The highest BCUT2D eigenvalue weighted by Crippen LogP contribution is 2.32. The molecule has 0 aliphatic carbocycles. The fraction of sp³-hybridized carbons (Fsp3) is 0.300. The van der Waals surface area contributed by atoms with Gasteiger partial charge in [-0.1, -0.05) is 12.1 Å². The van der Waals surface area contributed by atoms with Gasteiger partial charge in [0.15, 0.2) is 6.61 Å². The molecule has 2 amide bonds. The van der Waals surface area contributed by atoms with Crippen LogP contribution < -0.4 is 15.0 Å². The van der Waals surface area contributed by atoms with Gasteiger partial charge < -0.3 is 15.0 Å². The van der Waals surface area contributed by atoms with Crippen molar-refractivity contribution in [2.45, 2.75) is 26.3 Å². The Balaban J connectivity index is 1.53. The van der Waals surface area contributed by atoms with E-state index in [1.54, 1.807) is 4.90 Å². The average Bonchev–Trinajstić information content (AvgIpc) is 2.63. The van der Waals surface area contributed by atoms with Crippen LogP contribution in [0.3, 0.4) is 0 Å². The van der Waals surface area contributed by atoms with Crippen molar-refractivity contribution in [2.75, 3.05) is 18.1 Å². The first-order chi connectivity index (χ1) is 13.0. The van der Waals surface area contributed by atoms with Gasteiger partial charge in [0.2, 0.25) is 5.91 Å². The highest BCUT2D eigenvalue weighted by atomic mass is 19.1. The lowest BCUT2D eigenvalue weighted by molar-refractivity contribution is -0.123. The van der Waals surface area contributed by atoms with Gasteiger partial charge in [0.25, 0.3) is 5.91 Å². The summed E-state index contributed by atoms with van der Waals surface area (Å²) in [5.74, 6) is -1.24. The first-order valence-corrected chi connectivity index (χ1v) is 8.69. The van der Waals surface area contributed by atoms with Gasteiger partial charge in [0.1, 0.15) is 17.4 Å². The lowest BCUT2D eigenvalue weighted by atomic mass is 10.1. The number of carbonyl (C=O) groups excluding carboxylic acids is 2. The van der Waals surface area contributed by atoms with Crippen molar-refractivity contribution >= 4 is 17.5 Å². The number of benzene rings is 2. The zero-order chi connectivity index (χ0) is 19.4. The number of nitrogens with one attached hydrogen (secondary N) is 1. The molecule has 0 atom stereocenters. The Labute approximate surface area is 155 Å². The summed E-state index contributed by atoms with van der Waals surface area (Å²) in [6, 6.07) is 9.16. The number of carbonyl (C=O) groups is 2. The van der Waals surface area contributed by atoms with Gasteiger partial charge in [-0.15, -0.1) is 0 Å². The van der Waals surface area contributed by atoms with E-state index in [2.05, 4.69) is 5.32 Å². The number of anilines is 1. The second-order valence-electron chi connectivity index (χ2n) is 6.39. The first kappa shape index (κ1) is 18.8. The van der Waals surface area contributed by atoms with Crippen molar-refractivity contribution in [2.24, 2.45) is 0 Å². The third-order valence-electron chi connectivity index (χ3n) is 4.37. The Bertz CT molecular complexity index is 850. The number of fused-ring (bicyclic) bond motifs is 1. The van der Waals surface area contributed by atoms with Gasteiger partial charge in [0, 0.05) is 25.1 Å². The van der Waals surface area contributed by atoms with Crippen molar-refractivity contribution in [3.8, 4) is 5.75 Å². The topological polar surface area (TPSA) is 58.6 Å². The molecule has 0 fully saturated rings. The zero-order valence-corrected chi connectivity index (χ0v) is 14.9. The lowest BCUT2D eigenvalue weighted by Gasteiger charge is -2.29. The molecule has 1 aliphatic heterocycles. The van der Waals surface area contributed by atoms with Crippen LogP contribution in [0.15, 0.2) is 36.4 Å². The maximum atomic E-state index is 13.6. The summed E-state index contributed by atoms with van der Waals surface area (Å²) >= 11 is 0. The summed E-state index contributed by atoms with van der Waals surface area (Å²) in [6.45, 7) is 2.04. The molecule has 5 nitrogen and oxygen atoms in total. The van der Waals surface area contributed by atoms with Crippen molar-refractivity contribution in [3.63, 3.8) is 0 Å². The highest BCUT2D eigenvalue weighted by molar-refractivity contribution is 5.98. The summed E-state index contributed by atoms with van der Waals surface area (Å²) in [4.78, 5) is 25.7. The van der Waals surface area contributed by atoms with Crippen molar-refractivity contribution in [1.29, 1.82) is 0 Å². The van der Waals surface area contributed by atoms with Crippen LogP contribution in [0, 0.1) is 18.6 Å². The largest absolute Gasteiger partial charge is 0.482 e. The van der Waals surface area contributed by atoms with Crippen LogP contribution in [0.25, 0.3) is 0 Å². The molecule has 3 rings (SSSR count). The van der Waals surface area contributed by atoms with Gasteiger partial charge >= 0.3 is 0 Å². The summed E-state index contributed by atoms with van der Waals surface area (Å²) < 4.78 is 32.5. The molecule has 1 N–H and O–H groups in total. The average molecular weight is 374 g/mol. The van der Waals surface area contributed by atoms with E-state index in [9.17, 15) is 18.4 Å². The quantitative estimate of drug-likeness (QED) is 0.845. The molecule has 2 aromatic rings. The van der Waals surface area contributed by atoms with E-state index in [0.29, 0.717) is 24.4 Å². The third-order valence-corrected chi connectivity index (χ3v) is 4.37. The molecule has 142 valence electrons. The number of halogens is 2. The second kappa shape index (κ2) is 8.16. The smallest absolute Gasteiger partial charge is 0.265 e. The normalized spacial score (nSPS) is 13.1. The minimum atomic E-state index is -0.693. The SMILES string of the molecule is Cc1ccc2c(c1)N(CCCC(=O)NCc1c(F)cccc1F)C(=O)CO2. The molecular formula is C20H20F2N2O3. The van der Waals surface area contributed by atoms with E-state index in [0.717, 1.165) is 17.7 Å². The number of hydrogen-bond acceptors (Lipinski definition) is 3. The fourth-order valence-corrected chi connectivity index (χ4v) is 2.93. The van der Waals surface area contributed by atoms with Crippen molar-refractivity contribution in [3.05, 3.63) is 59.2 Å². The van der Waals surface area contributed by atoms with Gasteiger partial charge in [0.05, 0.1) is 5.69 Å². The predicted molar refractivity (Wildman–Crippen MR) is 96.5 cm³/mol. The molecule has 1 heterocycles. The minimum Gasteiger partial charge on any atom is -0.482 e. The van der Waals surface area contributed by atoms with Crippen LogP contribution in [0.5, 0.6) is 5.75 Å². The first-order valence-electron chi connectivity index (χ1n) is 8.69. The molecule has 0 radical (unpaired) electrons. The van der Waals surface area contributed by atoms with Crippen LogP contribution in [-0.4, -0.2) is 25.0 Å². The monoisotopic (exact) mass is 374 g/mol. The summed E-state index contributed by atoms with van der Waals surface area (Å²) in [5, 5.41) is 2.51. The van der Waals surface area contributed by atoms with E-state index >= 15 is 0 Å². The van der Waals surface area contributed by atoms with Crippen LogP contribution in [0.1, 0.15) is 24.0 Å². The maximum absolute atomic E-state index is 13.6. The Morgan fingerprint density at radius 2 is 1.96 bits per heavy atom. The molecule has 1 aliphatic rings. The standard InChI is InChI=1S/C20H20F2N2O3/c1-13-7-8-18-17(10-13)24(20(26)12-27-18)9-3-6-19(25)23-11-14-15(21)4-2-5-16(14)22/h2,4-5,7-8,10H,3,6,9,11-12H2,1H3,(H,23,25). The fourth-order valence-electron chi connectivity index (χ4n) is 2.93. The Hall–Kier alpha value is -2.96. The molecule has 0 bridgehead atoms. The zero-order valence-electron chi connectivity index (χ0n) is 14.9. The number of nitrogens with zero attached hydrogens (tertiary/aromatic N) is 1. The van der Waals surface area contributed by atoms with Crippen molar-refractivity contribution in [1.82, 2.24) is 5.32 Å². The molecule has 0 aromatic heterocycles.